The highest BCUT2D eigenvalue weighted by atomic mass is 32.2. The summed E-state index contributed by atoms with van der Waals surface area (Å²) in [6, 6.07) is 16.4. The molecule has 2 fully saturated rings. The van der Waals surface area contributed by atoms with E-state index in [9.17, 15) is 19.2 Å². The van der Waals surface area contributed by atoms with Gasteiger partial charge in [-0.15, -0.1) is 0 Å². The normalized spacial score (nSPS) is 19.5. The number of thioether (sulfide) groups is 1. The van der Waals surface area contributed by atoms with Gasteiger partial charge in [-0.25, -0.2) is 0 Å². The summed E-state index contributed by atoms with van der Waals surface area (Å²) in [5.41, 5.74) is 1.46. The van der Waals surface area contributed by atoms with Crippen LogP contribution in [0.5, 0.6) is 5.75 Å². The molecule has 1 unspecified atom stereocenters. The fourth-order valence-electron chi connectivity index (χ4n) is 3.80. The quantitative estimate of drug-likeness (QED) is 0.632. The monoisotopic (exact) mass is 465 g/mol. The molecule has 2 saturated heterocycles. The summed E-state index contributed by atoms with van der Waals surface area (Å²) >= 11 is 0.885. The van der Waals surface area contributed by atoms with E-state index in [0.717, 1.165) is 22.2 Å². The van der Waals surface area contributed by atoms with E-state index in [4.69, 9.17) is 4.74 Å². The van der Waals surface area contributed by atoms with E-state index in [1.807, 2.05) is 36.4 Å². The first kappa shape index (κ1) is 22.6. The van der Waals surface area contributed by atoms with Crippen LogP contribution in [0.1, 0.15) is 12.0 Å². The summed E-state index contributed by atoms with van der Waals surface area (Å²) in [6.45, 7) is 0.431. The third kappa shape index (κ3) is 4.93. The summed E-state index contributed by atoms with van der Waals surface area (Å²) < 4.78 is 5.32. The van der Waals surface area contributed by atoms with Gasteiger partial charge >= 0.3 is 0 Å². The zero-order chi connectivity index (χ0) is 23.4. The standard InChI is InChI=1S/C24H23N3O5S/c1-32-19-10-6-5-9-18(19)27-15-17(14-21(27)28)22(29)25-11-12-26-23(30)20(33-24(26)31)13-16-7-3-2-4-8-16/h2-10,13,17H,11-12,14-15H2,1H3,(H,25,29)/b20-13+. The van der Waals surface area contributed by atoms with Gasteiger partial charge in [-0.3, -0.25) is 24.1 Å². The molecule has 4 amide bonds. The molecule has 0 saturated carbocycles. The van der Waals surface area contributed by atoms with Crippen molar-refractivity contribution >= 4 is 46.5 Å². The van der Waals surface area contributed by atoms with E-state index in [2.05, 4.69) is 5.32 Å². The van der Waals surface area contributed by atoms with Crippen LogP contribution < -0.4 is 15.0 Å². The molecule has 0 radical (unpaired) electrons. The van der Waals surface area contributed by atoms with Crippen LogP contribution in [0.4, 0.5) is 10.5 Å². The molecule has 1 atom stereocenters. The summed E-state index contributed by atoms with van der Waals surface area (Å²) in [4.78, 5) is 53.0. The topological polar surface area (TPSA) is 96.0 Å². The third-order valence-corrected chi connectivity index (χ3v) is 6.38. The molecule has 2 aliphatic heterocycles. The Hall–Kier alpha value is -3.59. The number of amides is 4. The molecular weight excluding hydrogens is 442 g/mol. The second-order valence-electron chi connectivity index (χ2n) is 7.61. The molecule has 8 nitrogen and oxygen atoms in total. The highest BCUT2D eigenvalue weighted by molar-refractivity contribution is 8.18. The van der Waals surface area contributed by atoms with Gasteiger partial charge in [-0.1, -0.05) is 42.5 Å². The Morgan fingerprint density at radius 1 is 1.12 bits per heavy atom. The van der Waals surface area contributed by atoms with Crippen molar-refractivity contribution in [3.8, 4) is 5.75 Å². The average molecular weight is 466 g/mol. The van der Waals surface area contributed by atoms with Crippen molar-refractivity contribution in [2.24, 2.45) is 5.92 Å². The third-order valence-electron chi connectivity index (χ3n) is 5.48. The molecule has 2 heterocycles. The number of hydrogen-bond acceptors (Lipinski definition) is 6. The summed E-state index contributed by atoms with van der Waals surface area (Å²) in [6.07, 6.45) is 1.77. The Labute approximate surface area is 195 Å². The molecular formula is C24H23N3O5S. The lowest BCUT2D eigenvalue weighted by molar-refractivity contribution is -0.127. The highest BCUT2D eigenvalue weighted by Crippen LogP contribution is 2.33. The smallest absolute Gasteiger partial charge is 0.293 e. The van der Waals surface area contributed by atoms with Crippen LogP contribution in [0, 0.1) is 5.92 Å². The lowest BCUT2D eigenvalue weighted by Crippen LogP contribution is -2.40. The Bertz CT molecular complexity index is 1120. The number of carbonyl (C=O) groups excluding carboxylic acids is 4. The van der Waals surface area contributed by atoms with Crippen molar-refractivity contribution in [1.29, 1.82) is 0 Å². The van der Waals surface area contributed by atoms with E-state index in [-0.39, 0.29) is 49.0 Å². The SMILES string of the molecule is COc1ccccc1N1CC(C(=O)NCCN2C(=O)S/C(=C/c3ccccc3)C2=O)CC1=O. The van der Waals surface area contributed by atoms with Gasteiger partial charge in [0, 0.05) is 26.1 Å². The molecule has 170 valence electrons. The van der Waals surface area contributed by atoms with Crippen molar-refractivity contribution < 1.29 is 23.9 Å². The van der Waals surface area contributed by atoms with E-state index in [1.54, 1.807) is 29.2 Å². The number of benzene rings is 2. The van der Waals surface area contributed by atoms with Crippen LogP contribution in [0.2, 0.25) is 0 Å². The van der Waals surface area contributed by atoms with Gasteiger partial charge in [0.05, 0.1) is 23.6 Å². The Morgan fingerprint density at radius 2 is 1.85 bits per heavy atom. The molecule has 0 spiro atoms. The van der Waals surface area contributed by atoms with Crippen LogP contribution in [0.25, 0.3) is 6.08 Å². The van der Waals surface area contributed by atoms with Gasteiger partial charge in [0.15, 0.2) is 0 Å². The fourth-order valence-corrected chi connectivity index (χ4v) is 4.66. The van der Waals surface area contributed by atoms with Crippen LogP contribution >= 0.6 is 11.8 Å². The minimum absolute atomic E-state index is 0.0689. The summed E-state index contributed by atoms with van der Waals surface area (Å²) in [5, 5.41) is 2.39. The molecule has 0 aliphatic carbocycles. The number of rotatable bonds is 7. The van der Waals surface area contributed by atoms with Crippen molar-refractivity contribution in [2.75, 3.05) is 31.6 Å². The Kier molecular flexibility index (Phi) is 6.79. The fraction of sp³-hybridized carbons (Fsp3) is 0.250. The van der Waals surface area contributed by atoms with Gasteiger partial charge in [0.25, 0.3) is 11.1 Å². The largest absolute Gasteiger partial charge is 0.495 e. The highest BCUT2D eigenvalue weighted by Gasteiger charge is 2.37. The number of para-hydroxylation sites is 2. The zero-order valence-electron chi connectivity index (χ0n) is 18.0. The lowest BCUT2D eigenvalue weighted by Gasteiger charge is -2.19. The minimum atomic E-state index is -0.518. The molecule has 4 rings (SSSR count). The lowest BCUT2D eigenvalue weighted by atomic mass is 10.1. The van der Waals surface area contributed by atoms with E-state index < -0.39 is 5.92 Å². The number of hydrogen-bond donors (Lipinski definition) is 1. The van der Waals surface area contributed by atoms with Gasteiger partial charge in [0.2, 0.25) is 11.8 Å². The maximum atomic E-state index is 12.6. The minimum Gasteiger partial charge on any atom is -0.495 e. The predicted octanol–water partition coefficient (Wildman–Crippen LogP) is 2.90. The first-order valence-corrected chi connectivity index (χ1v) is 11.3. The van der Waals surface area contributed by atoms with Gasteiger partial charge in [0.1, 0.15) is 5.75 Å². The van der Waals surface area contributed by atoms with E-state index in [1.165, 1.54) is 7.11 Å². The number of nitrogens with one attached hydrogen (secondary N) is 1. The van der Waals surface area contributed by atoms with Crippen LogP contribution in [0.15, 0.2) is 59.5 Å². The number of methoxy groups -OCH3 is 1. The first-order chi connectivity index (χ1) is 16.0. The van der Waals surface area contributed by atoms with Crippen molar-refractivity contribution in [1.82, 2.24) is 10.2 Å². The van der Waals surface area contributed by atoms with Crippen molar-refractivity contribution in [3.05, 3.63) is 65.1 Å². The number of anilines is 1. The molecule has 9 heteroatoms. The molecule has 0 bridgehead atoms. The summed E-state index contributed by atoms with van der Waals surface area (Å²) in [7, 11) is 1.53. The molecule has 33 heavy (non-hydrogen) atoms. The van der Waals surface area contributed by atoms with E-state index >= 15 is 0 Å². The molecule has 2 aromatic carbocycles. The van der Waals surface area contributed by atoms with Gasteiger partial charge in [-0.05, 0) is 35.5 Å². The van der Waals surface area contributed by atoms with Gasteiger partial charge < -0.3 is 15.0 Å². The second kappa shape index (κ2) is 9.91. The molecule has 2 aliphatic rings. The molecule has 1 N–H and O–H groups in total. The summed E-state index contributed by atoms with van der Waals surface area (Å²) in [5.74, 6) is -0.768. The average Bonchev–Trinajstić information content (AvgIpc) is 3.34. The zero-order valence-corrected chi connectivity index (χ0v) is 18.8. The number of ether oxygens (including phenoxy) is 1. The van der Waals surface area contributed by atoms with Crippen LogP contribution in [-0.2, 0) is 14.4 Å². The number of carbonyl (C=O) groups is 4. The maximum absolute atomic E-state index is 12.6. The Balaban J connectivity index is 1.31. The Morgan fingerprint density at radius 3 is 2.61 bits per heavy atom. The first-order valence-electron chi connectivity index (χ1n) is 10.5. The van der Waals surface area contributed by atoms with Crippen LogP contribution in [0.3, 0.4) is 0 Å². The second-order valence-corrected chi connectivity index (χ2v) is 8.61. The maximum Gasteiger partial charge on any atom is 0.293 e. The predicted molar refractivity (Wildman–Crippen MR) is 126 cm³/mol. The van der Waals surface area contributed by atoms with Crippen molar-refractivity contribution in [2.45, 2.75) is 6.42 Å². The molecule has 0 aromatic heterocycles. The molecule has 2 aromatic rings. The number of nitrogens with zero attached hydrogens (tertiary/aromatic N) is 2. The van der Waals surface area contributed by atoms with Gasteiger partial charge in [-0.2, -0.15) is 0 Å². The van der Waals surface area contributed by atoms with E-state index in [0.29, 0.717) is 16.3 Å². The number of imide groups is 1. The van der Waals surface area contributed by atoms with Crippen LogP contribution in [-0.4, -0.2) is 54.6 Å². The van der Waals surface area contributed by atoms with Crippen molar-refractivity contribution in [3.63, 3.8) is 0 Å².